The number of ether oxygens (including phenoxy) is 1. The highest BCUT2D eigenvalue weighted by Crippen LogP contribution is 2.40. The molecular formula is C11H21NO. The second-order valence-electron chi connectivity index (χ2n) is 4.82. The Morgan fingerprint density at radius 3 is 2.85 bits per heavy atom. The van der Waals surface area contributed by atoms with E-state index in [0.717, 1.165) is 6.04 Å². The molecular weight excluding hydrogens is 162 g/mol. The Bertz CT molecular complexity index is 195. The molecule has 2 saturated heterocycles. The summed E-state index contributed by atoms with van der Waals surface area (Å²) in [5, 5.41) is 0. The third kappa shape index (κ3) is 1.40. The fourth-order valence-electron chi connectivity index (χ4n) is 3.20. The summed E-state index contributed by atoms with van der Waals surface area (Å²) in [7, 11) is 1.87. The van der Waals surface area contributed by atoms with E-state index in [2.05, 4.69) is 18.7 Å². The predicted molar refractivity (Wildman–Crippen MR) is 53.8 cm³/mol. The van der Waals surface area contributed by atoms with E-state index in [4.69, 9.17) is 4.74 Å². The second kappa shape index (κ2) is 3.25. The van der Waals surface area contributed by atoms with Gasteiger partial charge < -0.3 is 4.74 Å². The Kier molecular flexibility index (Phi) is 2.37. The van der Waals surface area contributed by atoms with E-state index in [1.807, 2.05) is 7.11 Å². The SMILES string of the molecule is COC1(C)CC(C)N2CCCCC21. The van der Waals surface area contributed by atoms with Gasteiger partial charge in [-0.15, -0.1) is 0 Å². The van der Waals surface area contributed by atoms with Gasteiger partial charge in [-0.3, -0.25) is 4.90 Å². The minimum Gasteiger partial charge on any atom is -0.377 e. The molecule has 0 aliphatic carbocycles. The van der Waals surface area contributed by atoms with E-state index in [1.54, 1.807) is 0 Å². The predicted octanol–water partition coefficient (Wildman–Crippen LogP) is 2.04. The van der Waals surface area contributed by atoms with Crippen LogP contribution < -0.4 is 0 Å². The number of hydrogen-bond donors (Lipinski definition) is 0. The molecule has 2 nitrogen and oxygen atoms in total. The van der Waals surface area contributed by atoms with Gasteiger partial charge in [0.15, 0.2) is 0 Å². The maximum atomic E-state index is 5.70. The van der Waals surface area contributed by atoms with Crippen molar-refractivity contribution in [3.63, 3.8) is 0 Å². The van der Waals surface area contributed by atoms with Gasteiger partial charge in [-0.1, -0.05) is 6.42 Å². The lowest BCUT2D eigenvalue weighted by Gasteiger charge is -2.38. The van der Waals surface area contributed by atoms with Gasteiger partial charge in [0.25, 0.3) is 0 Å². The van der Waals surface area contributed by atoms with Crippen LogP contribution in [0, 0.1) is 0 Å². The summed E-state index contributed by atoms with van der Waals surface area (Å²) in [6.45, 7) is 5.90. The fraction of sp³-hybridized carbons (Fsp3) is 1.00. The van der Waals surface area contributed by atoms with E-state index < -0.39 is 0 Å². The van der Waals surface area contributed by atoms with Gasteiger partial charge in [0, 0.05) is 19.2 Å². The largest absolute Gasteiger partial charge is 0.377 e. The maximum Gasteiger partial charge on any atom is 0.0820 e. The molecule has 0 aromatic rings. The molecule has 0 bridgehead atoms. The lowest BCUT2D eigenvalue weighted by molar-refractivity contribution is -0.0327. The van der Waals surface area contributed by atoms with Crippen molar-refractivity contribution in [2.75, 3.05) is 13.7 Å². The number of nitrogens with zero attached hydrogens (tertiary/aromatic N) is 1. The van der Waals surface area contributed by atoms with Crippen LogP contribution in [-0.4, -0.2) is 36.2 Å². The average Bonchev–Trinajstić information content (AvgIpc) is 2.42. The first-order chi connectivity index (χ1) is 6.17. The average molecular weight is 183 g/mol. The van der Waals surface area contributed by atoms with Crippen LogP contribution in [0.15, 0.2) is 0 Å². The first-order valence-corrected chi connectivity index (χ1v) is 5.48. The van der Waals surface area contributed by atoms with Crippen molar-refractivity contribution in [1.29, 1.82) is 0 Å². The summed E-state index contributed by atoms with van der Waals surface area (Å²) >= 11 is 0. The highest BCUT2D eigenvalue weighted by Gasteiger charge is 2.48. The van der Waals surface area contributed by atoms with Gasteiger partial charge in [-0.05, 0) is 39.7 Å². The molecule has 13 heavy (non-hydrogen) atoms. The van der Waals surface area contributed by atoms with Crippen LogP contribution in [0.25, 0.3) is 0 Å². The van der Waals surface area contributed by atoms with Crippen molar-refractivity contribution >= 4 is 0 Å². The van der Waals surface area contributed by atoms with Crippen LogP contribution in [0.1, 0.15) is 39.5 Å². The minimum atomic E-state index is 0.125. The quantitative estimate of drug-likeness (QED) is 0.617. The highest BCUT2D eigenvalue weighted by molar-refractivity contribution is 5.03. The van der Waals surface area contributed by atoms with Crippen molar-refractivity contribution in [3.05, 3.63) is 0 Å². The number of fused-ring (bicyclic) bond motifs is 1. The summed E-state index contributed by atoms with van der Waals surface area (Å²) < 4.78 is 5.70. The van der Waals surface area contributed by atoms with E-state index >= 15 is 0 Å². The summed E-state index contributed by atoms with van der Waals surface area (Å²) in [6, 6.07) is 1.40. The molecule has 2 fully saturated rings. The Morgan fingerprint density at radius 1 is 1.38 bits per heavy atom. The minimum absolute atomic E-state index is 0.125. The molecule has 2 heteroatoms. The van der Waals surface area contributed by atoms with Crippen molar-refractivity contribution in [2.24, 2.45) is 0 Å². The zero-order chi connectivity index (χ0) is 9.47. The first-order valence-electron chi connectivity index (χ1n) is 5.48. The van der Waals surface area contributed by atoms with Crippen LogP contribution in [-0.2, 0) is 4.74 Å². The highest BCUT2D eigenvalue weighted by atomic mass is 16.5. The number of rotatable bonds is 1. The Balaban J connectivity index is 2.17. The van der Waals surface area contributed by atoms with Crippen molar-refractivity contribution in [2.45, 2.75) is 57.2 Å². The molecule has 3 unspecified atom stereocenters. The third-order valence-corrected chi connectivity index (χ3v) is 3.98. The third-order valence-electron chi connectivity index (χ3n) is 3.98. The van der Waals surface area contributed by atoms with Crippen LogP contribution in [0.5, 0.6) is 0 Å². The number of hydrogen-bond acceptors (Lipinski definition) is 2. The first kappa shape index (κ1) is 9.47. The van der Waals surface area contributed by atoms with Gasteiger partial charge in [-0.25, -0.2) is 0 Å². The summed E-state index contributed by atoms with van der Waals surface area (Å²) in [5.41, 5.74) is 0.125. The molecule has 0 aromatic heterocycles. The van der Waals surface area contributed by atoms with Crippen LogP contribution in [0.3, 0.4) is 0 Å². The molecule has 0 saturated carbocycles. The van der Waals surface area contributed by atoms with Crippen molar-refractivity contribution in [1.82, 2.24) is 4.90 Å². The Hall–Kier alpha value is -0.0800. The standard InChI is InChI=1S/C11H21NO/c1-9-8-11(2,13-3)10-6-4-5-7-12(9)10/h9-10H,4-8H2,1-3H3. The van der Waals surface area contributed by atoms with Crippen LogP contribution in [0.4, 0.5) is 0 Å². The molecule has 0 amide bonds. The van der Waals surface area contributed by atoms with Gasteiger partial charge in [0.1, 0.15) is 0 Å². The number of methoxy groups -OCH3 is 1. The molecule has 0 radical (unpaired) electrons. The summed E-state index contributed by atoms with van der Waals surface area (Å²) in [6.07, 6.45) is 5.29. The molecule has 3 atom stereocenters. The smallest absolute Gasteiger partial charge is 0.0820 e. The van der Waals surface area contributed by atoms with Crippen molar-refractivity contribution < 1.29 is 4.74 Å². The van der Waals surface area contributed by atoms with Crippen LogP contribution >= 0.6 is 0 Å². The molecule has 76 valence electrons. The fourth-order valence-corrected chi connectivity index (χ4v) is 3.20. The zero-order valence-corrected chi connectivity index (χ0v) is 9.05. The summed E-state index contributed by atoms with van der Waals surface area (Å²) in [5.74, 6) is 0. The second-order valence-corrected chi connectivity index (χ2v) is 4.82. The Labute approximate surface area is 81.3 Å². The molecule has 0 N–H and O–H groups in total. The zero-order valence-electron chi connectivity index (χ0n) is 9.05. The topological polar surface area (TPSA) is 12.5 Å². The van der Waals surface area contributed by atoms with Gasteiger partial charge in [-0.2, -0.15) is 0 Å². The lowest BCUT2D eigenvalue weighted by Crippen LogP contribution is -2.47. The molecule has 2 aliphatic rings. The van der Waals surface area contributed by atoms with Crippen molar-refractivity contribution in [3.8, 4) is 0 Å². The van der Waals surface area contributed by atoms with E-state index in [9.17, 15) is 0 Å². The van der Waals surface area contributed by atoms with E-state index in [1.165, 1.54) is 32.2 Å². The van der Waals surface area contributed by atoms with Gasteiger partial charge >= 0.3 is 0 Å². The van der Waals surface area contributed by atoms with E-state index in [0.29, 0.717) is 6.04 Å². The van der Waals surface area contributed by atoms with Gasteiger partial charge in [0.2, 0.25) is 0 Å². The normalized spacial score (nSPS) is 46.4. The summed E-state index contributed by atoms with van der Waals surface area (Å²) in [4.78, 5) is 2.65. The maximum absolute atomic E-state index is 5.70. The lowest BCUT2D eigenvalue weighted by atomic mass is 9.90. The molecule has 0 aromatic carbocycles. The number of piperidine rings is 1. The molecule has 0 spiro atoms. The molecule has 2 heterocycles. The monoisotopic (exact) mass is 183 g/mol. The molecule has 2 aliphatic heterocycles. The van der Waals surface area contributed by atoms with E-state index in [-0.39, 0.29) is 5.60 Å². The Morgan fingerprint density at radius 2 is 2.15 bits per heavy atom. The molecule has 2 rings (SSSR count). The van der Waals surface area contributed by atoms with Gasteiger partial charge in [0.05, 0.1) is 5.60 Å². The van der Waals surface area contributed by atoms with Crippen LogP contribution in [0.2, 0.25) is 0 Å².